The quantitative estimate of drug-likeness (QED) is 0.690. The van der Waals surface area contributed by atoms with Crippen molar-refractivity contribution >= 4 is 17.3 Å². The first kappa shape index (κ1) is 18.0. The summed E-state index contributed by atoms with van der Waals surface area (Å²) in [7, 11) is 0. The fourth-order valence-corrected chi connectivity index (χ4v) is 4.39. The van der Waals surface area contributed by atoms with Crippen LogP contribution in [-0.2, 0) is 0 Å². The molecular weight excluding hydrogens is 370 g/mol. The lowest BCUT2D eigenvalue weighted by atomic mass is 10.0. The standard InChI is InChI=1S/C22H23N3O4/c26-13-15-5-6-19-18(11-15)23-22(27)25(19)16-7-9-24(10-8-16)12-17-14-28-20-3-1-2-4-21(20)29-17/h1-6,11,13,16-17H,7-10,12,14H2,(H,23,27). The number of likely N-dealkylation sites (tertiary alicyclic amines) is 1. The Morgan fingerprint density at radius 3 is 2.69 bits per heavy atom. The van der Waals surface area contributed by atoms with Gasteiger partial charge in [-0.25, -0.2) is 4.79 Å². The molecule has 1 unspecified atom stereocenters. The van der Waals surface area contributed by atoms with Crippen LogP contribution in [0.3, 0.4) is 0 Å². The van der Waals surface area contributed by atoms with Gasteiger partial charge in [-0.1, -0.05) is 12.1 Å². The predicted molar refractivity (Wildman–Crippen MR) is 109 cm³/mol. The Morgan fingerprint density at radius 2 is 1.90 bits per heavy atom. The van der Waals surface area contributed by atoms with Crippen molar-refractivity contribution < 1.29 is 14.3 Å². The number of carbonyl (C=O) groups is 1. The second kappa shape index (κ2) is 7.40. The Balaban J connectivity index is 1.24. The summed E-state index contributed by atoms with van der Waals surface area (Å²) in [5.41, 5.74) is 2.03. The second-order valence-corrected chi connectivity index (χ2v) is 7.72. The number of imidazole rings is 1. The Morgan fingerprint density at radius 1 is 1.10 bits per heavy atom. The lowest BCUT2D eigenvalue weighted by Gasteiger charge is -2.36. The van der Waals surface area contributed by atoms with Gasteiger partial charge in [-0.2, -0.15) is 0 Å². The van der Waals surface area contributed by atoms with Crippen LogP contribution in [-0.4, -0.2) is 53.1 Å². The molecule has 29 heavy (non-hydrogen) atoms. The van der Waals surface area contributed by atoms with Crippen molar-refractivity contribution in [3.8, 4) is 11.5 Å². The molecule has 7 heteroatoms. The van der Waals surface area contributed by atoms with Gasteiger partial charge in [0.1, 0.15) is 19.0 Å². The summed E-state index contributed by atoms with van der Waals surface area (Å²) in [5, 5.41) is 0. The first-order chi connectivity index (χ1) is 14.2. The number of benzene rings is 2. The molecule has 1 fully saturated rings. The van der Waals surface area contributed by atoms with Crippen LogP contribution in [0.15, 0.2) is 47.3 Å². The summed E-state index contributed by atoms with van der Waals surface area (Å²) in [6.45, 7) is 3.17. The van der Waals surface area contributed by atoms with Gasteiger partial charge in [-0.3, -0.25) is 14.3 Å². The average molecular weight is 393 g/mol. The number of nitrogens with one attached hydrogen (secondary N) is 1. The fraction of sp³-hybridized carbons (Fsp3) is 0.364. The maximum atomic E-state index is 12.5. The molecule has 3 heterocycles. The minimum atomic E-state index is -0.109. The van der Waals surface area contributed by atoms with E-state index >= 15 is 0 Å². The van der Waals surface area contributed by atoms with E-state index in [9.17, 15) is 9.59 Å². The van der Waals surface area contributed by atoms with Crippen LogP contribution in [0.2, 0.25) is 0 Å². The Hall–Kier alpha value is -3.06. The van der Waals surface area contributed by atoms with Gasteiger partial charge >= 0.3 is 5.69 Å². The van der Waals surface area contributed by atoms with Gasteiger partial charge in [0.2, 0.25) is 0 Å². The number of rotatable bonds is 4. The Kier molecular flexibility index (Phi) is 4.60. The molecule has 2 aliphatic heterocycles. The summed E-state index contributed by atoms with van der Waals surface area (Å²) in [6, 6.07) is 13.3. The first-order valence-corrected chi connectivity index (χ1v) is 10.0. The minimum absolute atomic E-state index is 0.0130. The zero-order valence-electron chi connectivity index (χ0n) is 16.0. The van der Waals surface area contributed by atoms with Crippen molar-refractivity contribution in [3.63, 3.8) is 0 Å². The highest BCUT2D eigenvalue weighted by Gasteiger charge is 2.28. The molecule has 1 aromatic heterocycles. The third kappa shape index (κ3) is 3.42. The third-order valence-electron chi connectivity index (χ3n) is 5.83. The Labute approximate surface area is 167 Å². The van der Waals surface area contributed by atoms with Crippen molar-refractivity contribution in [2.45, 2.75) is 25.0 Å². The van der Waals surface area contributed by atoms with E-state index in [1.807, 2.05) is 34.9 Å². The van der Waals surface area contributed by atoms with Crippen molar-refractivity contribution in [2.75, 3.05) is 26.2 Å². The van der Waals surface area contributed by atoms with Gasteiger partial charge in [0.15, 0.2) is 11.5 Å². The van der Waals surface area contributed by atoms with Crippen LogP contribution in [0.25, 0.3) is 11.0 Å². The van der Waals surface area contributed by atoms with E-state index < -0.39 is 0 Å². The highest BCUT2D eigenvalue weighted by molar-refractivity contribution is 5.84. The average Bonchev–Trinajstić information content (AvgIpc) is 3.09. The predicted octanol–water partition coefficient (Wildman–Crippen LogP) is 2.62. The molecule has 5 rings (SSSR count). The van der Waals surface area contributed by atoms with E-state index in [0.717, 1.165) is 55.8 Å². The van der Waals surface area contributed by atoms with Crippen molar-refractivity contribution in [1.29, 1.82) is 0 Å². The lowest BCUT2D eigenvalue weighted by Crippen LogP contribution is -2.45. The number of H-pyrrole nitrogens is 1. The Bertz CT molecular complexity index is 1090. The van der Waals surface area contributed by atoms with Gasteiger partial charge < -0.3 is 14.5 Å². The summed E-state index contributed by atoms with van der Waals surface area (Å²) < 4.78 is 13.7. The van der Waals surface area contributed by atoms with E-state index in [-0.39, 0.29) is 17.8 Å². The molecular formula is C22H23N3O4. The van der Waals surface area contributed by atoms with E-state index in [1.165, 1.54) is 0 Å². The van der Waals surface area contributed by atoms with E-state index in [4.69, 9.17) is 9.47 Å². The number of para-hydroxylation sites is 2. The largest absolute Gasteiger partial charge is 0.486 e. The fourth-order valence-electron chi connectivity index (χ4n) is 4.39. The van der Waals surface area contributed by atoms with Crippen molar-refractivity contribution in [1.82, 2.24) is 14.5 Å². The molecule has 2 aliphatic rings. The number of aromatic amines is 1. The number of aldehydes is 1. The summed E-state index contributed by atoms with van der Waals surface area (Å²) in [5.74, 6) is 1.61. The molecule has 0 bridgehead atoms. The zero-order valence-corrected chi connectivity index (χ0v) is 16.0. The molecule has 0 radical (unpaired) electrons. The third-order valence-corrected chi connectivity index (χ3v) is 5.83. The smallest absolute Gasteiger partial charge is 0.326 e. The topological polar surface area (TPSA) is 76.6 Å². The number of nitrogens with zero attached hydrogens (tertiary/aromatic N) is 2. The van der Waals surface area contributed by atoms with E-state index in [1.54, 1.807) is 12.1 Å². The number of aromatic nitrogens is 2. The number of carbonyl (C=O) groups excluding carboxylic acids is 1. The molecule has 0 saturated carbocycles. The van der Waals surface area contributed by atoms with Crippen molar-refractivity contribution in [2.24, 2.45) is 0 Å². The molecule has 1 atom stereocenters. The van der Waals surface area contributed by atoms with Gasteiger partial charge in [0, 0.05) is 31.2 Å². The molecule has 0 aliphatic carbocycles. The maximum absolute atomic E-state index is 12.5. The number of fused-ring (bicyclic) bond motifs is 2. The van der Waals surface area contributed by atoms with Crippen LogP contribution in [0.1, 0.15) is 29.2 Å². The maximum Gasteiger partial charge on any atom is 0.326 e. The first-order valence-electron chi connectivity index (χ1n) is 10.0. The highest BCUT2D eigenvalue weighted by atomic mass is 16.6. The van der Waals surface area contributed by atoms with E-state index in [2.05, 4.69) is 9.88 Å². The van der Waals surface area contributed by atoms with Crippen LogP contribution < -0.4 is 15.2 Å². The van der Waals surface area contributed by atoms with Crippen LogP contribution >= 0.6 is 0 Å². The van der Waals surface area contributed by atoms with Crippen LogP contribution in [0.4, 0.5) is 0 Å². The van der Waals surface area contributed by atoms with Gasteiger partial charge in [-0.05, 0) is 43.2 Å². The second-order valence-electron chi connectivity index (χ2n) is 7.72. The van der Waals surface area contributed by atoms with Crippen LogP contribution in [0.5, 0.6) is 11.5 Å². The lowest BCUT2D eigenvalue weighted by molar-refractivity contribution is 0.0485. The van der Waals surface area contributed by atoms with Gasteiger partial charge in [0.05, 0.1) is 11.0 Å². The molecule has 1 saturated heterocycles. The minimum Gasteiger partial charge on any atom is -0.486 e. The molecule has 1 N–H and O–H groups in total. The summed E-state index contributed by atoms with van der Waals surface area (Å²) in [6.07, 6.45) is 2.60. The van der Waals surface area contributed by atoms with Crippen molar-refractivity contribution in [3.05, 3.63) is 58.5 Å². The van der Waals surface area contributed by atoms with Gasteiger partial charge in [-0.15, -0.1) is 0 Å². The molecule has 0 spiro atoms. The number of hydrogen-bond donors (Lipinski definition) is 1. The number of ether oxygens (including phenoxy) is 2. The molecule has 2 aromatic carbocycles. The molecule has 0 amide bonds. The number of piperidine rings is 1. The summed E-state index contributed by atoms with van der Waals surface area (Å²) in [4.78, 5) is 28.8. The van der Waals surface area contributed by atoms with Gasteiger partial charge in [0.25, 0.3) is 0 Å². The SMILES string of the molecule is O=Cc1ccc2c(c1)[nH]c(=O)n2C1CCN(CC2COc3ccccc3O2)CC1. The molecule has 150 valence electrons. The van der Waals surface area contributed by atoms with Crippen LogP contribution in [0, 0.1) is 0 Å². The van der Waals surface area contributed by atoms with E-state index in [0.29, 0.717) is 17.7 Å². The summed E-state index contributed by atoms with van der Waals surface area (Å²) >= 11 is 0. The monoisotopic (exact) mass is 393 g/mol. The molecule has 7 nitrogen and oxygen atoms in total. The molecule has 3 aromatic rings. The highest BCUT2D eigenvalue weighted by Crippen LogP contribution is 2.32. The number of hydrogen-bond acceptors (Lipinski definition) is 5. The zero-order chi connectivity index (χ0) is 19.8. The normalized spacial score (nSPS) is 20.1.